The molecule has 2 aromatic rings. The van der Waals surface area contributed by atoms with Crippen LogP contribution in [0.3, 0.4) is 0 Å². The van der Waals surface area contributed by atoms with Crippen LogP contribution < -0.4 is 10.6 Å². The molecule has 0 saturated carbocycles. The number of rotatable bonds is 4. The second-order valence-corrected chi connectivity index (χ2v) is 4.53. The Hall–Kier alpha value is -2.83. The lowest BCUT2D eigenvalue weighted by Gasteiger charge is -2.09. The normalized spacial score (nSPS) is 10.2. The fourth-order valence-corrected chi connectivity index (χ4v) is 1.75. The van der Waals surface area contributed by atoms with Crippen molar-refractivity contribution in [3.05, 3.63) is 47.2 Å². The third-order valence-electron chi connectivity index (χ3n) is 2.72. The van der Waals surface area contributed by atoms with E-state index in [4.69, 9.17) is 9.52 Å². The maximum absolute atomic E-state index is 11.8. The second-order valence-electron chi connectivity index (χ2n) is 4.53. The van der Waals surface area contributed by atoms with Crippen LogP contribution in [0.2, 0.25) is 0 Å². The number of aromatic carboxylic acids is 1. The summed E-state index contributed by atoms with van der Waals surface area (Å²) in [6.45, 7) is 3.65. The van der Waals surface area contributed by atoms with E-state index in [0.29, 0.717) is 11.7 Å². The lowest BCUT2D eigenvalue weighted by molar-refractivity contribution is 0.0698. The molecule has 3 N–H and O–H groups in total. The molecule has 0 spiro atoms. The first-order chi connectivity index (χ1) is 9.95. The fourth-order valence-electron chi connectivity index (χ4n) is 1.75. The van der Waals surface area contributed by atoms with Gasteiger partial charge in [0, 0.05) is 0 Å². The molecular weight excluding hydrogens is 274 g/mol. The Labute approximate surface area is 121 Å². The molecular formula is C14H15N3O4. The van der Waals surface area contributed by atoms with Crippen molar-refractivity contribution < 1.29 is 19.1 Å². The van der Waals surface area contributed by atoms with Gasteiger partial charge in [-0.25, -0.2) is 14.6 Å². The molecule has 21 heavy (non-hydrogen) atoms. The van der Waals surface area contributed by atoms with Crippen LogP contribution in [0.25, 0.3) is 0 Å². The predicted molar refractivity (Wildman–Crippen MR) is 75.2 cm³/mol. The molecule has 110 valence electrons. The quantitative estimate of drug-likeness (QED) is 0.801. The maximum atomic E-state index is 11.8. The Kier molecular flexibility index (Phi) is 4.22. The summed E-state index contributed by atoms with van der Waals surface area (Å²) in [7, 11) is 0. The van der Waals surface area contributed by atoms with Gasteiger partial charge in [0.25, 0.3) is 0 Å². The summed E-state index contributed by atoms with van der Waals surface area (Å²) in [6, 6.07) is 4.24. The number of carbonyl (C=O) groups excluding carboxylic acids is 1. The molecule has 7 nitrogen and oxygen atoms in total. The third-order valence-corrected chi connectivity index (χ3v) is 2.72. The number of urea groups is 1. The molecule has 7 heteroatoms. The summed E-state index contributed by atoms with van der Waals surface area (Å²) in [6.07, 6.45) is 1.55. The minimum absolute atomic E-state index is 0.0390. The van der Waals surface area contributed by atoms with Gasteiger partial charge in [-0.05, 0) is 26.0 Å². The molecule has 1 aromatic heterocycles. The van der Waals surface area contributed by atoms with Gasteiger partial charge in [0.05, 0.1) is 24.0 Å². The van der Waals surface area contributed by atoms with Crippen molar-refractivity contribution in [1.29, 1.82) is 0 Å². The van der Waals surface area contributed by atoms with E-state index >= 15 is 0 Å². The van der Waals surface area contributed by atoms with Crippen LogP contribution in [-0.4, -0.2) is 22.1 Å². The zero-order chi connectivity index (χ0) is 15.4. The van der Waals surface area contributed by atoms with E-state index in [1.807, 2.05) is 0 Å². The summed E-state index contributed by atoms with van der Waals surface area (Å²) in [4.78, 5) is 26.9. The van der Waals surface area contributed by atoms with Gasteiger partial charge in [-0.1, -0.05) is 11.6 Å². The van der Waals surface area contributed by atoms with Crippen LogP contribution in [0.5, 0.6) is 0 Å². The highest BCUT2D eigenvalue weighted by molar-refractivity contribution is 6.00. The van der Waals surface area contributed by atoms with Gasteiger partial charge in [-0.3, -0.25) is 0 Å². The smallest absolute Gasteiger partial charge is 0.337 e. The van der Waals surface area contributed by atoms with E-state index in [0.717, 1.165) is 5.56 Å². The fraction of sp³-hybridized carbons (Fsp3) is 0.214. The van der Waals surface area contributed by atoms with E-state index in [1.165, 1.54) is 6.07 Å². The number of hydrogen-bond donors (Lipinski definition) is 3. The third kappa shape index (κ3) is 3.82. The van der Waals surface area contributed by atoms with Crippen molar-refractivity contribution in [3.8, 4) is 0 Å². The topological polar surface area (TPSA) is 104 Å². The minimum atomic E-state index is -1.10. The van der Waals surface area contributed by atoms with Gasteiger partial charge in [0.15, 0.2) is 0 Å². The number of carbonyl (C=O) groups is 2. The molecule has 0 aliphatic carbocycles. The number of carboxylic acids is 1. The molecule has 2 amide bonds. The summed E-state index contributed by atoms with van der Waals surface area (Å²) < 4.78 is 5.21. The highest BCUT2D eigenvalue weighted by Gasteiger charge is 2.13. The van der Waals surface area contributed by atoms with Gasteiger partial charge >= 0.3 is 12.0 Å². The summed E-state index contributed by atoms with van der Waals surface area (Å²) in [5, 5.41) is 14.2. The number of aromatic nitrogens is 1. The van der Waals surface area contributed by atoms with E-state index in [2.05, 4.69) is 15.6 Å². The van der Waals surface area contributed by atoms with E-state index in [-0.39, 0.29) is 17.8 Å². The van der Waals surface area contributed by atoms with Crippen molar-refractivity contribution in [2.24, 2.45) is 0 Å². The number of benzene rings is 1. The number of amides is 2. The largest absolute Gasteiger partial charge is 0.478 e. The van der Waals surface area contributed by atoms with Gasteiger partial charge in [-0.15, -0.1) is 0 Å². The Balaban J connectivity index is 2.01. The van der Waals surface area contributed by atoms with Crippen LogP contribution in [0, 0.1) is 13.8 Å². The van der Waals surface area contributed by atoms with Crippen molar-refractivity contribution >= 4 is 17.7 Å². The average Bonchev–Trinajstić information content (AvgIpc) is 2.84. The van der Waals surface area contributed by atoms with Crippen LogP contribution in [0.4, 0.5) is 10.5 Å². The minimum Gasteiger partial charge on any atom is -0.478 e. The zero-order valence-corrected chi connectivity index (χ0v) is 11.6. The van der Waals surface area contributed by atoms with Crippen molar-refractivity contribution in [2.75, 3.05) is 5.32 Å². The average molecular weight is 289 g/mol. The molecule has 0 atom stereocenters. The lowest BCUT2D eigenvalue weighted by Crippen LogP contribution is -2.29. The van der Waals surface area contributed by atoms with E-state index < -0.39 is 12.0 Å². The Morgan fingerprint density at radius 3 is 2.71 bits per heavy atom. The number of carboxylic acid groups (broad SMARTS) is 1. The molecule has 1 aromatic carbocycles. The van der Waals surface area contributed by atoms with Gasteiger partial charge in [0.2, 0.25) is 5.89 Å². The predicted octanol–water partition coefficient (Wildman–Crippen LogP) is 2.31. The second kappa shape index (κ2) is 6.08. The molecule has 0 fully saturated rings. The van der Waals surface area contributed by atoms with Gasteiger partial charge < -0.3 is 20.2 Å². The van der Waals surface area contributed by atoms with E-state index in [1.54, 1.807) is 32.2 Å². The summed E-state index contributed by atoms with van der Waals surface area (Å²) >= 11 is 0. The summed E-state index contributed by atoms with van der Waals surface area (Å²) in [5.41, 5.74) is 1.07. The maximum Gasteiger partial charge on any atom is 0.337 e. The molecule has 0 aliphatic rings. The molecule has 0 unspecified atom stereocenters. The molecule has 0 aliphatic heterocycles. The lowest BCUT2D eigenvalue weighted by atomic mass is 10.1. The highest BCUT2D eigenvalue weighted by atomic mass is 16.4. The zero-order valence-electron chi connectivity index (χ0n) is 11.6. The van der Waals surface area contributed by atoms with Crippen LogP contribution in [0.15, 0.2) is 28.8 Å². The number of hydrogen-bond acceptors (Lipinski definition) is 4. The van der Waals surface area contributed by atoms with Crippen molar-refractivity contribution in [1.82, 2.24) is 10.3 Å². The van der Waals surface area contributed by atoms with Crippen LogP contribution >= 0.6 is 0 Å². The summed E-state index contributed by atoms with van der Waals surface area (Å²) in [5.74, 6) is -0.0683. The van der Waals surface area contributed by atoms with E-state index in [9.17, 15) is 9.59 Å². The first kappa shape index (κ1) is 14.6. The number of nitrogens with zero attached hydrogens (tertiary/aromatic N) is 1. The number of nitrogens with one attached hydrogen (secondary N) is 2. The standard InChI is InChI=1S/C14H15N3O4/c1-8-3-4-11(10(5-8)13(18)19)17-14(20)16-7-12-15-6-9(2)21-12/h3-6H,7H2,1-2H3,(H,18,19)(H2,16,17,20). The molecule has 2 rings (SSSR count). The SMILES string of the molecule is Cc1ccc(NC(=O)NCc2ncc(C)o2)c(C(=O)O)c1. The number of aryl methyl sites for hydroxylation is 2. The monoisotopic (exact) mass is 289 g/mol. The Morgan fingerprint density at radius 2 is 2.10 bits per heavy atom. The van der Waals surface area contributed by atoms with Crippen LogP contribution in [0.1, 0.15) is 27.6 Å². The first-order valence-electron chi connectivity index (χ1n) is 6.26. The molecule has 1 heterocycles. The van der Waals surface area contributed by atoms with Crippen molar-refractivity contribution in [2.45, 2.75) is 20.4 Å². The first-order valence-corrected chi connectivity index (χ1v) is 6.26. The van der Waals surface area contributed by atoms with Crippen molar-refractivity contribution in [3.63, 3.8) is 0 Å². The number of oxazole rings is 1. The molecule has 0 bridgehead atoms. The number of anilines is 1. The van der Waals surface area contributed by atoms with Crippen LogP contribution in [-0.2, 0) is 6.54 Å². The Morgan fingerprint density at radius 1 is 1.33 bits per heavy atom. The highest BCUT2D eigenvalue weighted by Crippen LogP contribution is 2.17. The van der Waals surface area contributed by atoms with Gasteiger partial charge in [0.1, 0.15) is 5.76 Å². The molecule has 0 saturated heterocycles. The van der Waals surface area contributed by atoms with Gasteiger partial charge in [-0.2, -0.15) is 0 Å². The Bertz CT molecular complexity index is 679. The molecule has 0 radical (unpaired) electrons.